The Kier molecular flexibility index (Phi) is 9.02. The van der Waals surface area contributed by atoms with Crippen LogP contribution in [0.4, 0.5) is 5.69 Å². The molecule has 2 aromatic carbocycles. The number of amides is 2. The van der Waals surface area contributed by atoms with Crippen LogP contribution in [-0.2, 0) is 0 Å². The number of carbonyl (C=O) groups excluding carboxylic acids is 2. The molecule has 0 aliphatic rings. The minimum Gasteiger partial charge on any atom is -0.490 e. The van der Waals surface area contributed by atoms with E-state index in [9.17, 15) is 9.59 Å². The highest BCUT2D eigenvalue weighted by Gasteiger charge is 2.13. The highest BCUT2D eigenvalue weighted by Crippen LogP contribution is 2.29. The largest absolute Gasteiger partial charge is 0.490 e. The Balaban J connectivity index is 2.08. The summed E-state index contributed by atoms with van der Waals surface area (Å²) < 4.78 is 11.5. The van der Waals surface area contributed by atoms with Crippen LogP contribution in [0.2, 0.25) is 0 Å². The van der Waals surface area contributed by atoms with E-state index in [0.29, 0.717) is 48.1 Å². The third-order valence-electron chi connectivity index (χ3n) is 4.07. The Labute approximate surface area is 172 Å². The van der Waals surface area contributed by atoms with E-state index in [4.69, 9.17) is 9.47 Å². The Morgan fingerprint density at radius 1 is 0.759 bits per heavy atom. The first kappa shape index (κ1) is 22.3. The molecule has 156 valence electrons. The molecule has 0 aliphatic carbocycles. The Morgan fingerprint density at radius 2 is 1.38 bits per heavy atom. The zero-order valence-electron chi connectivity index (χ0n) is 17.4. The first-order chi connectivity index (χ1) is 14.1. The van der Waals surface area contributed by atoms with Crippen molar-refractivity contribution in [2.45, 2.75) is 40.0 Å². The molecule has 6 heteroatoms. The maximum absolute atomic E-state index is 12.6. The molecule has 2 aromatic rings. The summed E-state index contributed by atoms with van der Waals surface area (Å²) in [5.41, 5.74) is 1.65. The van der Waals surface area contributed by atoms with Gasteiger partial charge in [-0.3, -0.25) is 9.59 Å². The van der Waals surface area contributed by atoms with E-state index >= 15 is 0 Å². The van der Waals surface area contributed by atoms with E-state index in [0.717, 1.165) is 19.3 Å². The van der Waals surface area contributed by atoms with Crippen LogP contribution in [0.1, 0.15) is 60.7 Å². The molecule has 0 unspecified atom stereocenters. The Morgan fingerprint density at radius 3 is 2.00 bits per heavy atom. The molecule has 2 N–H and O–H groups in total. The summed E-state index contributed by atoms with van der Waals surface area (Å²) in [6.07, 6.45) is 2.63. The number of anilines is 1. The van der Waals surface area contributed by atoms with Crippen LogP contribution in [0.25, 0.3) is 0 Å². The Bertz CT molecular complexity index is 803. The lowest BCUT2D eigenvalue weighted by molar-refractivity contribution is 0.0953. The summed E-state index contributed by atoms with van der Waals surface area (Å²) in [5.74, 6) is 0.830. The third kappa shape index (κ3) is 6.82. The molecule has 0 saturated heterocycles. The van der Waals surface area contributed by atoms with E-state index in [-0.39, 0.29) is 11.8 Å². The zero-order valence-corrected chi connectivity index (χ0v) is 17.4. The molecule has 0 bridgehead atoms. The zero-order chi connectivity index (χ0) is 21.1. The number of benzene rings is 2. The molecule has 0 fully saturated rings. The van der Waals surface area contributed by atoms with Crippen LogP contribution in [0.15, 0.2) is 42.5 Å². The number of hydrogen-bond acceptors (Lipinski definition) is 4. The second-order valence-electron chi connectivity index (χ2n) is 6.65. The van der Waals surface area contributed by atoms with Gasteiger partial charge in [-0.1, -0.05) is 20.8 Å². The van der Waals surface area contributed by atoms with Gasteiger partial charge in [0.05, 0.1) is 13.2 Å². The third-order valence-corrected chi connectivity index (χ3v) is 4.07. The number of hydrogen-bond donors (Lipinski definition) is 2. The van der Waals surface area contributed by atoms with Crippen molar-refractivity contribution < 1.29 is 19.1 Å². The lowest BCUT2D eigenvalue weighted by Crippen LogP contribution is -2.23. The second kappa shape index (κ2) is 11.7. The van der Waals surface area contributed by atoms with Gasteiger partial charge in [-0.15, -0.1) is 0 Å². The summed E-state index contributed by atoms with van der Waals surface area (Å²) in [6, 6.07) is 12.0. The van der Waals surface area contributed by atoms with E-state index in [1.807, 2.05) is 20.8 Å². The fourth-order valence-electron chi connectivity index (χ4n) is 2.55. The van der Waals surface area contributed by atoms with Gasteiger partial charge in [0.1, 0.15) is 0 Å². The molecule has 0 radical (unpaired) electrons. The molecule has 0 saturated carbocycles. The normalized spacial score (nSPS) is 10.3. The van der Waals surface area contributed by atoms with Crippen LogP contribution in [0.3, 0.4) is 0 Å². The van der Waals surface area contributed by atoms with Crippen LogP contribution in [0.5, 0.6) is 11.5 Å². The molecular formula is C23H30N2O4. The topological polar surface area (TPSA) is 76.7 Å². The summed E-state index contributed by atoms with van der Waals surface area (Å²) in [6.45, 7) is 7.83. The summed E-state index contributed by atoms with van der Waals surface area (Å²) in [7, 11) is 0. The standard InChI is InChI=1S/C23H30N2O4/c1-4-13-24-22(26)17-7-10-19(11-8-17)25-23(27)18-9-12-20(28-14-5-2)21(16-18)29-15-6-3/h7-12,16H,4-6,13-15H2,1-3H3,(H,24,26)(H,25,27). The van der Waals surface area contributed by atoms with Crippen molar-refractivity contribution >= 4 is 17.5 Å². The Hall–Kier alpha value is -3.02. The van der Waals surface area contributed by atoms with E-state index in [2.05, 4.69) is 10.6 Å². The molecule has 2 amide bonds. The van der Waals surface area contributed by atoms with Gasteiger partial charge in [0.15, 0.2) is 11.5 Å². The van der Waals surface area contributed by atoms with Crippen molar-refractivity contribution in [1.29, 1.82) is 0 Å². The van der Waals surface area contributed by atoms with Crippen molar-refractivity contribution in [2.24, 2.45) is 0 Å². The molecule has 29 heavy (non-hydrogen) atoms. The smallest absolute Gasteiger partial charge is 0.255 e. The first-order valence-corrected chi connectivity index (χ1v) is 10.2. The fraction of sp³-hybridized carbons (Fsp3) is 0.391. The van der Waals surface area contributed by atoms with Crippen molar-refractivity contribution in [3.05, 3.63) is 53.6 Å². The number of carbonyl (C=O) groups is 2. The highest BCUT2D eigenvalue weighted by atomic mass is 16.5. The quantitative estimate of drug-likeness (QED) is 0.577. The SMILES string of the molecule is CCCNC(=O)c1ccc(NC(=O)c2ccc(OCCC)c(OCCC)c2)cc1. The lowest BCUT2D eigenvalue weighted by Gasteiger charge is -2.14. The van der Waals surface area contributed by atoms with Gasteiger partial charge in [0.2, 0.25) is 0 Å². The molecule has 0 aliphatic heterocycles. The maximum atomic E-state index is 12.6. The van der Waals surface area contributed by atoms with E-state index in [1.54, 1.807) is 42.5 Å². The summed E-state index contributed by atoms with van der Waals surface area (Å²) in [4.78, 5) is 24.6. The van der Waals surface area contributed by atoms with Crippen LogP contribution < -0.4 is 20.1 Å². The monoisotopic (exact) mass is 398 g/mol. The van der Waals surface area contributed by atoms with Gasteiger partial charge in [-0.05, 0) is 61.7 Å². The van der Waals surface area contributed by atoms with Crippen molar-refractivity contribution in [3.8, 4) is 11.5 Å². The highest BCUT2D eigenvalue weighted by molar-refractivity contribution is 6.05. The van der Waals surface area contributed by atoms with Gasteiger partial charge < -0.3 is 20.1 Å². The van der Waals surface area contributed by atoms with Crippen molar-refractivity contribution in [1.82, 2.24) is 5.32 Å². The second-order valence-corrected chi connectivity index (χ2v) is 6.65. The average Bonchev–Trinajstić information content (AvgIpc) is 2.75. The van der Waals surface area contributed by atoms with Gasteiger partial charge >= 0.3 is 0 Å². The molecular weight excluding hydrogens is 368 g/mol. The number of rotatable bonds is 11. The number of ether oxygens (including phenoxy) is 2. The van der Waals surface area contributed by atoms with Gasteiger partial charge in [0, 0.05) is 23.4 Å². The van der Waals surface area contributed by atoms with Crippen LogP contribution in [0, 0.1) is 0 Å². The predicted molar refractivity (Wildman–Crippen MR) is 115 cm³/mol. The molecule has 6 nitrogen and oxygen atoms in total. The van der Waals surface area contributed by atoms with E-state index in [1.165, 1.54) is 0 Å². The van der Waals surface area contributed by atoms with Gasteiger partial charge in [-0.2, -0.15) is 0 Å². The van der Waals surface area contributed by atoms with E-state index < -0.39 is 0 Å². The maximum Gasteiger partial charge on any atom is 0.255 e. The minimum atomic E-state index is -0.253. The van der Waals surface area contributed by atoms with Gasteiger partial charge in [0.25, 0.3) is 11.8 Å². The predicted octanol–water partition coefficient (Wildman–Crippen LogP) is 4.66. The van der Waals surface area contributed by atoms with Crippen LogP contribution >= 0.6 is 0 Å². The molecule has 2 rings (SSSR count). The van der Waals surface area contributed by atoms with Crippen LogP contribution in [-0.4, -0.2) is 31.6 Å². The van der Waals surface area contributed by atoms with Crippen molar-refractivity contribution in [2.75, 3.05) is 25.1 Å². The lowest BCUT2D eigenvalue weighted by atomic mass is 10.1. The molecule has 0 spiro atoms. The first-order valence-electron chi connectivity index (χ1n) is 10.2. The summed E-state index contributed by atoms with van der Waals surface area (Å²) >= 11 is 0. The average molecular weight is 399 g/mol. The fourth-order valence-corrected chi connectivity index (χ4v) is 2.55. The molecule has 0 heterocycles. The number of nitrogens with one attached hydrogen (secondary N) is 2. The molecule has 0 aromatic heterocycles. The summed E-state index contributed by atoms with van der Waals surface area (Å²) in [5, 5.41) is 5.67. The van der Waals surface area contributed by atoms with Gasteiger partial charge in [-0.25, -0.2) is 0 Å². The van der Waals surface area contributed by atoms with Crippen molar-refractivity contribution in [3.63, 3.8) is 0 Å². The molecule has 0 atom stereocenters. The minimum absolute atomic E-state index is 0.120.